The minimum absolute atomic E-state index is 0.440. The standard InChI is InChI=1S/C17H19NO4/c1-21-16(19)15(18-17(20)22-2)11-10-13-8-5-7-12-6-3-4-9-14(12)13/h3-9,15H,10-11H2,1-2H3,(H,18,20). The Labute approximate surface area is 129 Å². The van der Waals surface area contributed by atoms with Crippen molar-refractivity contribution in [2.24, 2.45) is 0 Å². The molecule has 2 aromatic carbocycles. The van der Waals surface area contributed by atoms with Gasteiger partial charge in [0.2, 0.25) is 0 Å². The van der Waals surface area contributed by atoms with Crippen LogP contribution in [0.5, 0.6) is 0 Å². The fourth-order valence-corrected chi connectivity index (χ4v) is 2.40. The summed E-state index contributed by atoms with van der Waals surface area (Å²) in [5.74, 6) is -0.481. The second-order valence-corrected chi connectivity index (χ2v) is 4.89. The van der Waals surface area contributed by atoms with Crippen LogP contribution in [0.25, 0.3) is 10.8 Å². The summed E-state index contributed by atoms with van der Waals surface area (Å²) in [6.45, 7) is 0. The van der Waals surface area contributed by atoms with E-state index >= 15 is 0 Å². The third-order valence-corrected chi connectivity index (χ3v) is 3.55. The first-order chi connectivity index (χ1) is 10.7. The predicted molar refractivity (Wildman–Crippen MR) is 83.6 cm³/mol. The molecule has 1 N–H and O–H groups in total. The first-order valence-corrected chi connectivity index (χ1v) is 7.04. The zero-order valence-electron chi connectivity index (χ0n) is 12.7. The number of alkyl carbamates (subject to hydrolysis) is 1. The van der Waals surface area contributed by atoms with E-state index in [-0.39, 0.29) is 0 Å². The molecule has 2 aromatic rings. The van der Waals surface area contributed by atoms with E-state index in [1.54, 1.807) is 0 Å². The van der Waals surface area contributed by atoms with Crippen LogP contribution in [0.4, 0.5) is 4.79 Å². The van der Waals surface area contributed by atoms with E-state index in [2.05, 4.69) is 10.1 Å². The highest BCUT2D eigenvalue weighted by Gasteiger charge is 2.21. The summed E-state index contributed by atoms with van der Waals surface area (Å²) >= 11 is 0. The Hall–Kier alpha value is -2.56. The molecule has 0 saturated carbocycles. The largest absolute Gasteiger partial charge is 0.467 e. The maximum absolute atomic E-state index is 11.8. The van der Waals surface area contributed by atoms with E-state index < -0.39 is 18.1 Å². The Morgan fingerprint density at radius 3 is 2.50 bits per heavy atom. The molecular weight excluding hydrogens is 282 g/mol. The van der Waals surface area contributed by atoms with Crippen molar-refractivity contribution in [3.8, 4) is 0 Å². The Balaban J connectivity index is 2.13. The van der Waals surface area contributed by atoms with Gasteiger partial charge in [-0.25, -0.2) is 9.59 Å². The van der Waals surface area contributed by atoms with Gasteiger partial charge in [-0.05, 0) is 29.2 Å². The van der Waals surface area contributed by atoms with Crippen molar-refractivity contribution in [1.82, 2.24) is 5.32 Å². The van der Waals surface area contributed by atoms with Gasteiger partial charge in [-0.2, -0.15) is 0 Å². The molecule has 0 spiro atoms. The Bertz CT molecular complexity index is 663. The second-order valence-electron chi connectivity index (χ2n) is 4.89. The molecule has 0 radical (unpaired) electrons. The van der Waals surface area contributed by atoms with Gasteiger partial charge in [0.15, 0.2) is 0 Å². The first kappa shape index (κ1) is 15.8. The molecule has 0 aromatic heterocycles. The average Bonchev–Trinajstić information content (AvgIpc) is 2.57. The van der Waals surface area contributed by atoms with Gasteiger partial charge in [-0.1, -0.05) is 42.5 Å². The van der Waals surface area contributed by atoms with E-state index in [0.29, 0.717) is 12.8 Å². The highest BCUT2D eigenvalue weighted by atomic mass is 16.5. The highest BCUT2D eigenvalue weighted by molar-refractivity contribution is 5.86. The lowest BCUT2D eigenvalue weighted by Gasteiger charge is -2.16. The van der Waals surface area contributed by atoms with Crippen LogP contribution < -0.4 is 5.32 Å². The Kier molecular flexibility index (Phi) is 5.36. The van der Waals surface area contributed by atoms with Gasteiger partial charge in [-0.15, -0.1) is 0 Å². The number of rotatable bonds is 5. The minimum atomic E-state index is -0.726. The Morgan fingerprint density at radius 1 is 1.05 bits per heavy atom. The van der Waals surface area contributed by atoms with Crippen molar-refractivity contribution < 1.29 is 19.1 Å². The van der Waals surface area contributed by atoms with E-state index in [1.807, 2.05) is 42.5 Å². The third-order valence-electron chi connectivity index (χ3n) is 3.55. The van der Waals surface area contributed by atoms with Crippen LogP contribution in [0.15, 0.2) is 42.5 Å². The van der Waals surface area contributed by atoms with Gasteiger partial charge in [0, 0.05) is 0 Å². The summed E-state index contributed by atoms with van der Waals surface area (Å²) in [4.78, 5) is 23.1. The summed E-state index contributed by atoms with van der Waals surface area (Å²) in [6.07, 6.45) is 0.439. The second kappa shape index (κ2) is 7.45. The third kappa shape index (κ3) is 3.75. The van der Waals surface area contributed by atoms with Crippen molar-refractivity contribution in [3.05, 3.63) is 48.0 Å². The highest BCUT2D eigenvalue weighted by Crippen LogP contribution is 2.20. The lowest BCUT2D eigenvalue weighted by atomic mass is 9.99. The molecule has 0 heterocycles. The molecule has 5 nitrogen and oxygen atoms in total. The lowest BCUT2D eigenvalue weighted by molar-refractivity contribution is -0.143. The van der Waals surface area contributed by atoms with E-state index in [1.165, 1.54) is 14.2 Å². The number of amides is 1. The van der Waals surface area contributed by atoms with E-state index in [4.69, 9.17) is 4.74 Å². The van der Waals surface area contributed by atoms with E-state index in [9.17, 15) is 9.59 Å². The molecule has 0 saturated heterocycles. The minimum Gasteiger partial charge on any atom is -0.467 e. The Morgan fingerprint density at radius 2 is 1.77 bits per heavy atom. The predicted octanol–water partition coefficient (Wildman–Crippen LogP) is 2.67. The lowest BCUT2D eigenvalue weighted by Crippen LogP contribution is -2.41. The van der Waals surface area contributed by atoms with Crippen LogP contribution in [-0.2, 0) is 20.7 Å². The summed E-state index contributed by atoms with van der Waals surface area (Å²) < 4.78 is 9.26. The topological polar surface area (TPSA) is 64.6 Å². The molecule has 116 valence electrons. The van der Waals surface area contributed by atoms with Gasteiger partial charge < -0.3 is 14.8 Å². The van der Waals surface area contributed by atoms with Crippen molar-refractivity contribution in [3.63, 3.8) is 0 Å². The zero-order valence-corrected chi connectivity index (χ0v) is 12.7. The van der Waals surface area contributed by atoms with Crippen LogP contribution in [0, 0.1) is 0 Å². The normalized spacial score (nSPS) is 11.7. The molecule has 22 heavy (non-hydrogen) atoms. The number of carbonyl (C=O) groups excluding carboxylic acids is 2. The molecular formula is C17H19NO4. The van der Waals surface area contributed by atoms with Gasteiger partial charge in [-0.3, -0.25) is 0 Å². The molecule has 0 aliphatic rings. The fraction of sp³-hybridized carbons (Fsp3) is 0.294. The molecule has 1 amide bonds. The molecule has 1 unspecified atom stereocenters. The number of esters is 1. The molecule has 2 rings (SSSR count). The van der Waals surface area contributed by atoms with Crippen molar-refractivity contribution >= 4 is 22.8 Å². The molecule has 0 bridgehead atoms. The quantitative estimate of drug-likeness (QED) is 0.862. The number of hydrogen-bond donors (Lipinski definition) is 1. The fourth-order valence-electron chi connectivity index (χ4n) is 2.40. The van der Waals surface area contributed by atoms with Crippen molar-refractivity contribution in [2.75, 3.05) is 14.2 Å². The van der Waals surface area contributed by atoms with Crippen LogP contribution >= 0.6 is 0 Å². The maximum Gasteiger partial charge on any atom is 0.407 e. The van der Waals surface area contributed by atoms with Gasteiger partial charge >= 0.3 is 12.1 Å². The van der Waals surface area contributed by atoms with Crippen molar-refractivity contribution in [2.45, 2.75) is 18.9 Å². The monoisotopic (exact) mass is 301 g/mol. The van der Waals surface area contributed by atoms with Crippen molar-refractivity contribution in [1.29, 1.82) is 0 Å². The van der Waals surface area contributed by atoms with Crippen LogP contribution in [0.2, 0.25) is 0 Å². The number of carbonyl (C=O) groups is 2. The molecule has 0 aliphatic heterocycles. The number of benzene rings is 2. The zero-order chi connectivity index (χ0) is 15.9. The summed E-state index contributed by atoms with van der Waals surface area (Å²) in [5.41, 5.74) is 1.12. The maximum atomic E-state index is 11.8. The summed E-state index contributed by atoms with van der Waals surface area (Å²) in [7, 11) is 2.56. The number of aryl methyl sites for hydroxylation is 1. The number of ether oxygens (including phenoxy) is 2. The van der Waals surface area contributed by atoms with Gasteiger partial charge in [0.05, 0.1) is 14.2 Å². The van der Waals surface area contributed by atoms with Crippen LogP contribution in [-0.4, -0.2) is 32.3 Å². The number of methoxy groups -OCH3 is 2. The average molecular weight is 301 g/mol. The smallest absolute Gasteiger partial charge is 0.407 e. The molecule has 1 atom stereocenters. The summed E-state index contributed by atoms with van der Waals surface area (Å²) in [6, 6.07) is 13.4. The summed E-state index contributed by atoms with van der Waals surface area (Å²) in [5, 5.41) is 4.79. The van der Waals surface area contributed by atoms with Crippen LogP contribution in [0.1, 0.15) is 12.0 Å². The van der Waals surface area contributed by atoms with Crippen LogP contribution in [0.3, 0.4) is 0 Å². The molecule has 5 heteroatoms. The SMILES string of the molecule is COC(=O)NC(CCc1cccc2ccccc12)C(=O)OC. The number of fused-ring (bicyclic) bond motifs is 1. The first-order valence-electron chi connectivity index (χ1n) is 7.04. The van der Waals surface area contributed by atoms with Gasteiger partial charge in [0.1, 0.15) is 6.04 Å². The van der Waals surface area contributed by atoms with Gasteiger partial charge in [0.25, 0.3) is 0 Å². The number of hydrogen-bond acceptors (Lipinski definition) is 4. The molecule has 0 aliphatic carbocycles. The molecule has 0 fully saturated rings. The number of nitrogens with one attached hydrogen (secondary N) is 1. The van der Waals surface area contributed by atoms with E-state index in [0.717, 1.165) is 16.3 Å².